The number of methoxy groups -OCH3 is 1. The molecule has 0 amide bonds. The molecular formula is C13H24N2O5S. The Kier molecular flexibility index (Phi) is 5.24. The van der Waals surface area contributed by atoms with Crippen molar-refractivity contribution in [3.63, 3.8) is 0 Å². The van der Waals surface area contributed by atoms with Crippen molar-refractivity contribution >= 4 is 16.2 Å². The summed E-state index contributed by atoms with van der Waals surface area (Å²) in [7, 11) is -0.985. The lowest BCUT2D eigenvalue weighted by molar-refractivity contribution is -0.144. The highest BCUT2D eigenvalue weighted by Gasteiger charge is 2.46. The Bertz CT molecular complexity index is 475. The number of β-amino-alcohol motifs (C(OH)–C–C–N with tert-alkyl or cyclic N) is 1. The van der Waals surface area contributed by atoms with Crippen LogP contribution in [-0.4, -0.2) is 67.0 Å². The van der Waals surface area contributed by atoms with E-state index >= 15 is 0 Å². The van der Waals surface area contributed by atoms with Crippen LogP contribution in [0.2, 0.25) is 0 Å². The first-order valence-electron chi connectivity index (χ1n) is 7.38. The van der Waals surface area contributed by atoms with Crippen molar-refractivity contribution in [2.45, 2.75) is 56.7 Å². The molecule has 8 heteroatoms. The van der Waals surface area contributed by atoms with Gasteiger partial charge in [-0.25, -0.2) is 0 Å². The standard InChI is InChI=1S/C13H24N2O5S/c1-14(10-6-4-3-5-7-10)21(18,19)15-9-11(16)8-12(15)13(17)20-2/h10-12,16H,3-9H2,1-2H3. The number of aliphatic hydroxyl groups is 1. The molecule has 2 rings (SSSR count). The van der Waals surface area contributed by atoms with E-state index in [1.54, 1.807) is 7.05 Å². The van der Waals surface area contributed by atoms with Crippen molar-refractivity contribution in [1.82, 2.24) is 8.61 Å². The lowest BCUT2D eigenvalue weighted by atomic mass is 9.96. The fourth-order valence-corrected chi connectivity index (χ4v) is 4.96. The molecule has 2 unspecified atom stereocenters. The second kappa shape index (κ2) is 6.60. The predicted octanol–water partition coefficient (Wildman–Crippen LogP) is 0.104. The van der Waals surface area contributed by atoms with Gasteiger partial charge in [-0.3, -0.25) is 4.79 Å². The van der Waals surface area contributed by atoms with Crippen LogP contribution >= 0.6 is 0 Å². The van der Waals surface area contributed by atoms with Gasteiger partial charge in [0.15, 0.2) is 0 Å². The topological polar surface area (TPSA) is 87.1 Å². The first-order valence-corrected chi connectivity index (χ1v) is 8.78. The van der Waals surface area contributed by atoms with Crippen molar-refractivity contribution in [3.8, 4) is 0 Å². The molecule has 1 N–H and O–H groups in total. The summed E-state index contributed by atoms with van der Waals surface area (Å²) in [6.07, 6.45) is 4.12. The van der Waals surface area contributed by atoms with Crippen LogP contribution in [0.25, 0.3) is 0 Å². The molecule has 2 atom stereocenters. The van der Waals surface area contributed by atoms with E-state index in [4.69, 9.17) is 0 Å². The summed E-state index contributed by atoms with van der Waals surface area (Å²) < 4.78 is 32.6. The number of aliphatic hydroxyl groups excluding tert-OH is 1. The largest absolute Gasteiger partial charge is 0.468 e. The Labute approximate surface area is 126 Å². The monoisotopic (exact) mass is 320 g/mol. The van der Waals surface area contributed by atoms with E-state index in [9.17, 15) is 18.3 Å². The van der Waals surface area contributed by atoms with Crippen LogP contribution in [-0.2, 0) is 19.7 Å². The summed E-state index contributed by atoms with van der Waals surface area (Å²) in [6, 6.07) is -0.958. The molecule has 0 radical (unpaired) electrons. The van der Waals surface area contributed by atoms with Gasteiger partial charge in [0.25, 0.3) is 10.2 Å². The third kappa shape index (κ3) is 3.39. The molecule has 0 aromatic carbocycles. The molecule has 0 spiro atoms. The Morgan fingerprint density at radius 2 is 1.90 bits per heavy atom. The van der Waals surface area contributed by atoms with Crippen molar-refractivity contribution in [2.75, 3.05) is 20.7 Å². The van der Waals surface area contributed by atoms with Crippen LogP contribution in [0, 0.1) is 0 Å². The Morgan fingerprint density at radius 1 is 1.29 bits per heavy atom. The maximum Gasteiger partial charge on any atom is 0.324 e. The first kappa shape index (κ1) is 16.7. The number of carbonyl (C=O) groups excluding carboxylic acids is 1. The lowest BCUT2D eigenvalue weighted by Crippen LogP contribution is -2.50. The third-order valence-corrected chi connectivity index (χ3v) is 6.48. The molecule has 1 aliphatic carbocycles. The summed E-state index contributed by atoms with van der Waals surface area (Å²) >= 11 is 0. The molecule has 7 nitrogen and oxygen atoms in total. The first-order chi connectivity index (χ1) is 9.87. The normalized spacial score (nSPS) is 29.0. The van der Waals surface area contributed by atoms with Gasteiger partial charge in [0.2, 0.25) is 0 Å². The van der Waals surface area contributed by atoms with Crippen LogP contribution in [0.1, 0.15) is 38.5 Å². The van der Waals surface area contributed by atoms with E-state index < -0.39 is 28.3 Å². The van der Waals surface area contributed by atoms with Gasteiger partial charge in [0.1, 0.15) is 6.04 Å². The van der Waals surface area contributed by atoms with Crippen molar-refractivity contribution < 1.29 is 23.1 Å². The van der Waals surface area contributed by atoms with Crippen LogP contribution in [0.3, 0.4) is 0 Å². The van der Waals surface area contributed by atoms with Crippen molar-refractivity contribution in [1.29, 1.82) is 0 Å². The van der Waals surface area contributed by atoms with Crippen molar-refractivity contribution in [2.24, 2.45) is 0 Å². The Morgan fingerprint density at radius 3 is 2.48 bits per heavy atom. The van der Waals surface area contributed by atoms with E-state index in [0.717, 1.165) is 36.4 Å². The average molecular weight is 320 g/mol. The number of rotatable bonds is 4. The quantitative estimate of drug-likeness (QED) is 0.743. The second-order valence-electron chi connectivity index (χ2n) is 5.81. The van der Waals surface area contributed by atoms with E-state index in [1.807, 2.05) is 0 Å². The number of ether oxygens (including phenoxy) is 1. The SMILES string of the molecule is COC(=O)C1CC(O)CN1S(=O)(=O)N(C)C1CCCCC1. The maximum absolute atomic E-state index is 12.7. The van der Waals surface area contributed by atoms with Gasteiger partial charge in [-0.05, 0) is 12.8 Å². The van der Waals surface area contributed by atoms with Gasteiger partial charge < -0.3 is 9.84 Å². The predicted molar refractivity (Wildman–Crippen MR) is 76.7 cm³/mol. The van der Waals surface area contributed by atoms with E-state index in [0.29, 0.717) is 0 Å². The van der Waals surface area contributed by atoms with Gasteiger partial charge in [-0.1, -0.05) is 19.3 Å². The molecule has 2 aliphatic rings. The zero-order valence-electron chi connectivity index (χ0n) is 12.6. The fraction of sp³-hybridized carbons (Fsp3) is 0.923. The molecule has 1 heterocycles. The molecule has 0 aromatic heterocycles. The minimum Gasteiger partial charge on any atom is -0.468 e. The summed E-state index contributed by atoms with van der Waals surface area (Å²) in [4.78, 5) is 11.8. The number of esters is 1. The van der Waals surface area contributed by atoms with Crippen LogP contribution < -0.4 is 0 Å². The molecular weight excluding hydrogens is 296 g/mol. The average Bonchev–Trinajstić information content (AvgIpc) is 2.89. The fourth-order valence-electron chi connectivity index (χ4n) is 3.19. The summed E-state index contributed by atoms with van der Waals surface area (Å²) in [5.74, 6) is -0.618. The van der Waals surface area contributed by atoms with E-state index in [2.05, 4.69) is 4.74 Å². The highest BCUT2D eigenvalue weighted by Crippen LogP contribution is 2.29. The minimum atomic E-state index is -3.77. The molecule has 1 saturated carbocycles. The van der Waals surface area contributed by atoms with E-state index in [1.165, 1.54) is 11.4 Å². The number of nitrogens with zero attached hydrogens (tertiary/aromatic N) is 2. The summed E-state index contributed by atoms with van der Waals surface area (Å²) in [5.41, 5.74) is 0. The second-order valence-corrected chi connectivity index (χ2v) is 7.75. The Balaban J connectivity index is 2.18. The smallest absolute Gasteiger partial charge is 0.324 e. The highest BCUT2D eigenvalue weighted by molar-refractivity contribution is 7.86. The number of hydrogen-bond donors (Lipinski definition) is 1. The third-order valence-electron chi connectivity index (χ3n) is 4.46. The van der Waals surface area contributed by atoms with Gasteiger partial charge in [0, 0.05) is 26.1 Å². The number of hydrogen-bond acceptors (Lipinski definition) is 5. The molecule has 0 aromatic rings. The molecule has 1 aliphatic heterocycles. The van der Waals surface area contributed by atoms with Crippen LogP contribution in [0.4, 0.5) is 0 Å². The number of carbonyl (C=O) groups is 1. The van der Waals surface area contributed by atoms with Crippen LogP contribution in [0.15, 0.2) is 0 Å². The molecule has 122 valence electrons. The Hall–Kier alpha value is -0.700. The summed E-state index contributed by atoms with van der Waals surface area (Å²) in [5, 5.41) is 9.74. The molecule has 1 saturated heterocycles. The van der Waals surface area contributed by atoms with Gasteiger partial charge in [0.05, 0.1) is 13.2 Å². The molecule has 21 heavy (non-hydrogen) atoms. The lowest BCUT2D eigenvalue weighted by Gasteiger charge is -2.34. The van der Waals surface area contributed by atoms with Crippen molar-refractivity contribution in [3.05, 3.63) is 0 Å². The zero-order chi connectivity index (χ0) is 15.6. The van der Waals surface area contributed by atoms with E-state index in [-0.39, 0.29) is 19.0 Å². The minimum absolute atomic E-state index is 0.0280. The zero-order valence-corrected chi connectivity index (χ0v) is 13.4. The van der Waals surface area contributed by atoms with Crippen LogP contribution in [0.5, 0.6) is 0 Å². The van der Waals surface area contributed by atoms with Gasteiger partial charge in [-0.2, -0.15) is 17.0 Å². The maximum atomic E-state index is 12.7. The van der Waals surface area contributed by atoms with Gasteiger partial charge >= 0.3 is 5.97 Å². The highest BCUT2D eigenvalue weighted by atomic mass is 32.2. The van der Waals surface area contributed by atoms with Gasteiger partial charge in [-0.15, -0.1) is 0 Å². The molecule has 2 fully saturated rings. The summed E-state index contributed by atoms with van der Waals surface area (Å²) in [6.45, 7) is -0.0564. The molecule has 0 bridgehead atoms.